The summed E-state index contributed by atoms with van der Waals surface area (Å²) in [5.74, 6) is 1.35. The minimum atomic E-state index is 0.0968. The molecular formula is C29H39N5O. The molecule has 6 nitrogen and oxygen atoms in total. The summed E-state index contributed by atoms with van der Waals surface area (Å²) in [4.78, 5) is 22.9. The van der Waals surface area contributed by atoms with Gasteiger partial charge in [-0.05, 0) is 75.9 Å². The van der Waals surface area contributed by atoms with Gasteiger partial charge in [0, 0.05) is 31.6 Å². The van der Waals surface area contributed by atoms with Gasteiger partial charge in [0.05, 0.1) is 17.6 Å². The Morgan fingerprint density at radius 2 is 1.86 bits per heavy atom. The fourth-order valence-electron chi connectivity index (χ4n) is 5.85. The molecular weight excluding hydrogens is 434 g/mol. The summed E-state index contributed by atoms with van der Waals surface area (Å²) in [6.07, 6.45) is 4.19. The van der Waals surface area contributed by atoms with Gasteiger partial charge in [-0.15, -0.1) is 0 Å². The molecule has 35 heavy (non-hydrogen) atoms. The third kappa shape index (κ3) is 5.08. The molecule has 2 aliphatic heterocycles. The number of piperidine rings is 1. The molecule has 6 heteroatoms. The lowest BCUT2D eigenvalue weighted by atomic mass is 9.96. The fourth-order valence-corrected chi connectivity index (χ4v) is 5.85. The van der Waals surface area contributed by atoms with E-state index < -0.39 is 0 Å². The van der Waals surface area contributed by atoms with Gasteiger partial charge in [-0.25, -0.2) is 4.98 Å². The summed E-state index contributed by atoms with van der Waals surface area (Å²) < 4.78 is 2.36. The number of rotatable bonds is 7. The maximum atomic E-state index is 12.9. The Morgan fingerprint density at radius 3 is 2.66 bits per heavy atom. The molecule has 3 heterocycles. The molecule has 3 aromatic rings. The summed E-state index contributed by atoms with van der Waals surface area (Å²) in [5, 5.41) is 3.27. The molecule has 2 saturated heterocycles. The summed E-state index contributed by atoms with van der Waals surface area (Å²) >= 11 is 0. The van der Waals surface area contributed by atoms with Crippen LogP contribution in [0.25, 0.3) is 11.0 Å². The van der Waals surface area contributed by atoms with Gasteiger partial charge in [-0.3, -0.25) is 9.69 Å². The average molecular weight is 474 g/mol. The number of para-hydroxylation sites is 2. The van der Waals surface area contributed by atoms with Gasteiger partial charge in [0.15, 0.2) is 0 Å². The van der Waals surface area contributed by atoms with Crippen LogP contribution in [0.4, 0.5) is 5.95 Å². The van der Waals surface area contributed by atoms with Gasteiger partial charge in [-0.1, -0.05) is 42.8 Å². The van der Waals surface area contributed by atoms with Gasteiger partial charge in [0.25, 0.3) is 0 Å². The summed E-state index contributed by atoms with van der Waals surface area (Å²) in [5.41, 5.74) is 6.11. The van der Waals surface area contributed by atoms with E-state index in [2.05, 4.69) is 82.9 Å². The molecule has 1 amide bonds. The van der Waals surface area contributed by atoms with Crippen LogP contribution in [0.1, 0.15) is 49.3 Å². The van der Waals surface area contributed by atoms with Crippen molar-refractivity contribution in [1.29, 1.82) is 0 Å². The van der Waals surface area contributed by atoms with Crippen molar-refractivity contribution in [2.75, 3.05) is 37.6 Å². The van der Waals surface area contributed by atoms with Crippen LogP contribution < -0.4 is 10.2 Å². The normalized spacial score (nSPS) is 19.5. The fraction of sp³-hybridized carbons (Fsp3) is 0.517. The van der Waals surface area contributed by atoms with Gasteiger partial charge in [0.2, 0.25) is 11.9 Å². The Balaban J connectivity index is 1.28. The van der Waals surface area contributed by atoms with Crippen LogP contribution in [0.5, 0.6) is 0 Å². The smallest absolute Gasteiger partial charge is 0.223 e. The Bertz CT molecular complexity index is 1180. The van der Waals surface area contributed by atoms with Crippen molar-refractivity contribution in [1.82, 2.24) is 19.8 Å². The molecule has 186 valence electrons. The SMILES string of the molecule is CCN1CCCC1CNC(=O)C1CCN(c2nc3ccccc3n2Cc2cc(C)ccc2C)CC1. The Hall–Kier alpha value is -2.86. The molecule has 0 bridgehead atoms. The number of nitrogens with zero attached hydrogens (tertiary/aromatic N) is 4. The zero-order valence-corrected chi connectivity index (χ0v) is 21.5. The Labute approximate surface area is 209 Å². The monoisotopic (exact) mass is 473 g/mol. The third-order valence-electron chi connectivity index (χ3n) is 8.03. The van der Waals surface area contributed by atoms with E-state index in [-0.39, 0.29) is 11.8 Å². The van der Waals surface area contributed by atoms with Crippen molar-refractivity contribution in [3.63, 3.8) is 0 Å². The number of benzene rings is 2. The molecule has 0 aliphatic carbocycles. The largest absolute Gasteiger partial charge is 0.354 e. The molecule has 0 spiro atoms. The van der Waals surface area contributed by atoms with E-state index in [1.807, 2.05) is 0 Å². The summed E-state index contributed by atoms with van der Waals surface area (Å²) in [6, 6.07) is 15.6. The maximum Gasteiger partial charge on any atom is 0.223 e. The second-order valence-corrected chi connectivity index (χ2v) is 10.3. The van der Waals surface area contributed by atoms with E-state index in [4.69, 9.17) is 4.98 Å². The second kappa shape index (κ2) is 10.4. The van der Waals surface area contributed by atoms with E-state index in [0.717, 1.165) is 57.0 Å². The molecule has 1 aromatic heterocycles. The van der Waals surface area contributed by atoms with Crippen LogP contribution in [0, 0.1) is 19.8 Å². The Kier molecular flexibility index (Phi) is 7.09. The van der Waals surface area contributed by atoms with Crippen LogP contribution in [0.2, 0.25) is 0 Å². The molecule has 1 N–H and O–H groups in total. The van der Waals surface area contributed by atoms with E-state index >= 15 is 0 Å². The van der Waals surface area contributed by atoms with Crippen molar-refractivity contribution in [3.05, 3.63) is 59.2 Å². The number of fused-ring (bicyclic) bond motifs is 1. The van der Waals surface area contributed by atoms with Crippen LogP contribution in [0.15, 0.2) is 42.5 Å². The van der Waals surface area contributed by atoms with E-state index in [9.17, 15) is 4.79 Å². The standard InChI is InChI=1S/C29H39N5O/c1-4-32-15-7-8-25(32)19-30-28(35)23-13-16-33(17-14-23)29-31-26-9-5-6-10-27(26)34(29)20-24-18-21(2)11-12-22(24)3/h5-6,9-12,18,23,25H,4,7-8,13-17,19-20H2,1-3H3,(H,30,35). The molecule has 5 rings (SSSR count). The lowest BCUT2D eigenvalue weighted by Gasteiger charge is -2.33. The highest BCUT2D eigenvalue weighted by Gasteiger charge is 2.29. The van der Waals surface area contributed by atoms with Gasteiger partial charge < -0.3 is 14.8 Å². The highest BCUT2D eigenvalue weighted by molar-refractivity contribution is 5.80. The number of amides is 1. The van der Waals surface area contributed by atoms with Crippen molar-refractivity contribution >= 4 is 22.9 Å². The number of carbonyl (C=O) groups excluding carboxylic acids is 1. The third-order valence-corrected chi connectivity index (χ3v) is 8.03. The number of hydrogen-bond acceptors (Lipinski definition) is 4. The van der Waals surface area contributed by atoms with Crippen molar-refractivity contribution < 1.29 is 4.79 Å². The minimum Gasteiger partial charge on any atom is -0.354 e. The molecule has 2 aromatic carbocycles. The second-order valence-electron chi connectivity index (χ2n) is 10.3. The number of likely N-dealkylation sites (N-methyl/N-ethyl adjacent to an activating group) is 1. The Morgan fingerprint density at radius 1 is 1.06 bits per heavy atom. The summed E-state index contributed by atoms with van der Waals surface area (Å²) in [7, 11) is 0. The number of likely N-dealkylation sites (tertiary alicyclic amines) is 1. The number of nitrogens with one attached hydrogen (secondary N) is 1. The predicted molar refractivity (Wildman–Crippen MR) is 143 cm³/mol. The average Bonchev–Trinajstić information content (AvgIpc) is 3.49. The number of imidazole rings is 1. The van der Waals surface area contributed by atoms with Crippen LogP contribution in [0.3, 0.4) is 0 Å². The van der Waals surface area contributed by atoms with Crippen LogP contribution in [-0.2, 0) is 11.3 Å². The van der Waals surface area contributed by atoms with Crippen molar-refractivity contribution in [2.45, 2.75) is 59.0 Å². The maximum absolute atomic E-state index is 12.9. The summed E-state index contributed by atoms with van der Waals surface area (Å²) in [6.45, 7) is 12.1. The first-order valence-electron chi connectivity index (χ1n) is 13.3. The number of hydrogen-bond donors (Lipinski definition) is 1. The van der Waals surface area contributed by atoms with E-state index in [0.29, 0.717) is 6.04 Å². The molecule has 1 unspecified atom stereocenters. The molecule has 0 saturated carbocycles. The first kappa shape index (κ1) is 23.9. The van der Waals surface area contributed by atoms with Gasteiger partial charge in [0.1, 0.15) is 0 Å². The number of carbonyl (C=O) groups is 1. The molecule has 2 fully saturated rings. The quantitative estimate of drug-likeness (QED) is 0.548. The predicted octanol–water partition coefficient (Wildman–Crippen LogP) is 4.52. The van der Waals surface area contributed by atoms with Gasteiger partial charge in [-0.2, -0.15) is 0 Å². The number of anilines is 1. The van der Waals surface area contributed by atoms with Crippen LogP contribution >= 0.6 is 0 Å². The topological polar surface area (TPSA) is 53.4 Å². The number of aryl methyl sites for hydroxylation is 2. The lowest BCUT2D eigenvalue weighted by Crippen LogP contribution is -2.45. The highest BCUT2D eigenvalue weighted by atomic mass is 16.1. The zero-order valence-electron chi connectivity index (χ0n) is 21.5. The first-order valence-corrected chi connectivity index (χ1v) is 13.3. The molecule has 0 radical (unpaired) electrons. The van der Waals surface area contributed by atoms with E-state index in [1.54, 1.807) is 0 Å². The minimum absolute atomic E-state index is 0.0968. The van der Waals surface area contributed by atoms with Crippen molar-refractivity contribution in [2.24, 2.45) is 5.92 Å². The zero-order chi connectivity index (χ0) is 24.4. The van der Waals surface area contributed by atoms with Crippen LogP contribution in [-0.4, -0.2) is 59.1 Å². The lowest BCUT2D eigenvalue weighted by molar-refractivity contribution is -0.125. The number of aromatic nitrogens is 2. The molecule has 2 aliphatic rings. The first-order chi connectivity index (χ1) is 17.0. The highest BCUT2D eigenvalue weighted by Crippen LogP contribution is 2.29. The van der Waals surface area contributed by atoms with Gasteiger partial charge >= 0.3 is 0 Å². The molecule has 1 atom stereocenters. The van der Waals surface area contributed by atoms with Crippen molar-refractivity contribution in [3.8, 4) is 0 Å². The van der Waals surface area contributed by atoms with E-state index in [1.165, 1.54) is 41.6 Å².